The van der Waals surface area contributed by atoms with Gasteiger partial charge in [-0.2, -0.15) is 0 Å². The molecule has 0 atom stereocenters. The molecule has 0 unspecified atom stereocenters. The minimum atomic E-state index is 0. The van der Waals surface area contributed by atoms with Crippen LogP contribution in [0.15, 0.2) is 67.3 Å². The first-order chi connectivity index (χ1) is 14.4. The van der Waals surface area contributed by atoms with Crippen LogP contribution in [0.5, 0.6) is 0 Å². The Morgan fingerprint density at radius 1 is 0.781 bits per heavy atom. The maximum Gasteiger partial charge on any atom is -1.00 e. The number of rotatable bonds is 0. The first kappa shape index (κ1) is 29.0. The van der Waals surface area contributed by atoms with E-state index in [2.05, 4.69) is 104 Å². The van der Waals surface area contributed by atoms with Crippen LogP contribution in [-0.4, -0.2) is 16.9 Å². The molecule has 0 bridgehead atoms. The zero-order chi connectivity index (χ0) is 21.3. The summed E-state index contributed by atoms with van der Waals surface area (Å²) in [6.07, 6.45) is 6.87. The third-order valence-electron chi connectivity index (χ3n) is 4.62. The number of halogens is 4. The fraction of sp³-hybridized carbons (Fsp3) is 0.167. The SMILES string of the molecule is Brc1ccc2c(c1)[C-]=C1CSC=C12.Brc1ccc2c(c1)[C-]=C1CSC=C12.C[Si](C)=[Zr+2].[Cl-].[Cl-]. The molecular weight excluding hydrogens is 702 g/mol. The van der Waals surface area contributed by atoms with E-state index in [9.17, 15) is 0 Å². The zero-order valence-corrected chi connectivity index (χ0v) is 27.1. The molecule has 4 aliphatic rings. The number of allylic oxidation sites excluding steroid dienone is 2. The Labute approximate surface area is 243 Å². The number of hydrogen-bond acceptors (Lipinski definition) is 2. The Morgan fingerprint density at radius 2 is 1.16 bits per heavy atom. The third-order valence-corrected chi connectivity index (χ3v) is 7.32. The van der Waals surface area contributed by atoms with Crippen molar-refractivity contribution in [1.82, 2.24) is 0 Å². The molecule has 0 aromatic heterocycles. The topological polar surface area (TPSA) is 0 Å². The summed E-state index contributed by atoms with van der Waals surface area (Å²) in [7, 11) is 0. The Bertz CT molecular complexity index is 1080. The maximum absolute atomic E-state index is 3.47. The molecule has 0 radical (unpaired) electrons. The van der Waals surface area contributed by atoms with Crippen LogP contribution in [0.3, 0.4) is 0 Å². The van der Waals surface area contributed by atoms with Gasteiger partial charge in [-0.3, -0.25) is 0 Å². The smallest absolute Gasteiger partial charge is 1.00 e. The summed E-state index contributed by atoms with van der Waals surface area (Å²) in [6.45, 7) is 4.62. The average molecular weight is 721 g/mol. The van der Waals surface area contributed by atoms with Gasteiger partial charge in [-0.25, -0.2) is 0 Å². The molecule has 2 aliphatic heterocycles. The fourth-order valence-electron chi connectivity index (χ4n) is 3.41. The van der Waals surface area contributed by atoms with E-state index in [4.69, 9.17) is 0 Å². The van der Waals surface area contributed by atoms with Crippen molar-refractivity contribution in [3.63, 3.8) is 0 Å². The number of fused-ring (bicyclic) bond motifs is 6. The van der Waals surface area contributed by atoms with Crippen molar-refractivity contribution in [3.05, 3.63) is 102 Å². The Morgan fingerprint density at radius 3 is 1.53 bits per heavy atom. The van der Waals surface area contributed by atoms with Crippen molar-refractivity contribution in [1.29, 1.82) is 0 Å². The molecule has 6 rings (SSSR count). The Balaban J connectivity index is 0.000000185. The first-order valence-corrected chi connectivity index (χ1v) is 19.3. The molecule has 2 heterocycles. The van der Waals surface area contributed by atoms with Gasteiger partial charge in [0.05, 0.1) is 0 Å². The number of thioether (sulfide) groups is 2. The van der Waals surface area contributed by atoms with E-state index in [0.29, 0.717) is 0 Å². The van der Waals surface area contributed by atoms with Crippen LogP contribution in [0.4, 0.5) is 0 Å². The van der Waals surface area contributed by atoms with Crippen molar-refractivity contribution in [2.75, 3.05) is 11.5 Å². The molecule has 0 nitrogen and oxygen atoms in total. The van der Waals surface area contributed by atoms with E-state index in [-0.39, 0.29) is 30.2 Å². The second-order valence-electron chi connectivity index (χ2n) is 7.27. The average Bonchev–Trinajstić information content (AvgIpc) is 3.41. The Kier molecular flexibility index (Phi) is 11.9. The van der Waals surface area contributed by atoms with Gasteiger partial charge in [0, 0.05) is 11.5 Å². The fourth-order valence-corrected chi connectivity index (χ4v) is 5.96. The minimum Gasteiger partial charge on any atom is -1.00 e. The van der Waals surface area contributed by atoms with E-state index in [1.165, 1.54) is 44.5 Å². The van der Waals surface area contributed by atoms with Gasteiger partial charge in [0.25, 0.3) is 0 Å². The second kappa shape index (κ2) is 13.2. The third kappa shape index (κ3) is 6.91. The summed E-state index contributed by atoms with van der Waals surface area (Å²) >= 11 is 12.4. The summed E-state index contributed by atoms with van der Waals surface area (Å²) in [5, 5.41) is 4.48. The van der Waals surface area contributed by atoms with E-state index < -0.39 is 0 Å². The molecule has 8 heteroatoms. The van der Waals surface area contributed by atoms with Crippen LogP contribution >= 0.6 is 55.4 Å². The van der Waals surface area contributed by atoms with Crippen molar-refractivity contribution in [2.45, 2.75) is 13.1 Å². The van der Waals surface area contributed by atoms with Gasteiger partial charge < -0.3 is 24.8 Å². The van der Waals surface area contributed by atoms with Crippen LogP contribution in [0.1, 0.15) is 22.3 Å². The predicted octanol–water partition coefficient (Wildman–Crippen LogP) is 2.05. The van der Waals surface area contributed by atoms with Crippen LogP contribution in [0, 0.1) is 12.2 Å². The largest absolute Gasteiger partial charge is 1.00 e. The van der Waals surface area contributed by atoms with Crippen molar-refractivity contribution in [3.8, 4) is 0 Å². The summed E-state index contributed by atoms with van der Waals surface area (Å²) < 4.78 is 2.26. The van der Waals surface area contributed by atoms with Crippen LogP contribution in [-0.2, 0) is 23.3 Å². The Hall–Kier alpha value is 0.740. The second-order valence-corrected chi connectivity index (χ2v) is 20.2. The predicted molar refractivity (Wildman–Crippen MR) is 138 cm³/mol. The van der Waals surface area contributed by atoms with Gasteiger partial charge in [0.1, 0.15) is 0 Å². The molecule has 0 fully saturated rings. The molecular formula is C24H18Br2Cl2S2SiZr-2. The molecule has 0 amide bonds. The minimum absolute atomic E-state index is 0. The molecule has 0 saturated heterocycles. The summed E-state index contributed by atoms with van der Waals surface area (Å²) in [5.41, 5.74) is 10.8. The van der Waals surface area contributed by atoms with Crippen molar-refractivity contribution in [2.24, 2.45) is 0 Å². The molecule has 0 spiro atoms. The van der Waals surface area contributed by atoms with E-state index in [0.717, 1.165) is 20.5 Å². The van der Waals surface area contributed by atoms with Gasteiger partial charge >= 0.3 is 41.9 Å². The first-order valence-electron chi connectivity index (χ1n) is 9.44. The van der Waals surface area contributed by atoms with Gasteiger partial charge in [-0.1, -0.05) is 54.8 Å². The molecule has 2 aromatic carbocycles. The monoisotopic (exact) mass is 716 g/mol. The van der Waals surface area contributed by atoms with Crippen molar-refractivity contribution >= 4 is 72.0 Å². The molecule has 2 aromatic rings. The molecule has 32 heavy (non-hydrogen) atoms. The standard InChI is InChI=1S/2C11H6BrS.C2H6Si.2ClH.Zr/c2*12-9-1-2-10-7(4-9)3-8-5-13-6-11(8)10;1-3-2;;;/h2*1-2,4,6H,5H2;1-2H3;2*1H;/q2*-1;;;;+2/p-2. The number of benzene rings is 2. The summed E-state index contributed by atoms with van der Waals surface area (Å²) in [6, 6.07) is 12.8. The summed E-state index contributed by atoms with van der Waals surface area (Å²) in [4.78, 5) is 0. The van der Waals surface area contributed by atoms with Crippen LogP contribution in [0.2, 0.25) is 13.1 Å². The normalized spacial score (nSPS) is 15.4. The van der Waals surface area contributed by atoms with Gasteiger partial charge in [-0.05, 0) is 8.95 Å². The van der Waals surface area contributed by atoms with E-state index >= 15 is 0 Å². The molecule has 0 N–H and O–H groups in total. The van der Waals surface area contributed by atoms with Crippen LogP contribution in [0.25, 0.3) is 11.1 Å². The zero-order valence-electron chi connectivity index (χ0n) is 17.4. The van der Waals surface area contributed by atoms with Crippen LogP contribution < -0.4 is 24.8 Å². The molecule has 164 valence electrons. The van der Waals surface area contributed by atoms with Gasteiger partial charge in [-0.15, -0.1) is 104 Å². The van der Waals surface area contributed by atoms with Gasteiger partial charge in [0.15, 0.2) is 0 Å². The maximum atomic E-state index is 3.47. The number of hydrogen-bond donors (Lipinski definition) is 0. The van der Waals surface area contributed by atoms with E-state index in [1.807, 2.05) is 23.5 Å². The van der Waals surface area contributed by atoms with E-state index in [1.54, 1.807) is 23.3 Å². The molecule has 2 aliphatic carbocycles. The van der Waals surface area contributed by atoms with Gasteiger partial charge in [0.2, 0.25) is 0 Å². The van der Waals surface area contributed by atoms with Crippen molar-refractivity contribution < 1.29 is 48.1 Å². The summed E-state index contributed by atoms with van der Waals surface area (Å²) in [5.74, 6) is 2.17. The quantitative estimate of drug-likeness (QED) is 0.302. The molecule has 0 saturated carbocycles.